The number of carboxylic acid groups (broad SMARTS) is 1. The molecule has 1 heterocycles. The predicted molar refractivity (Wildman–Crippen MR) is 79.3 cm³/mol. The van der Waals surface area contributed by atoms with E-state index in [0.29, 0.717) is 12.2 Å². The molecule has 0 bridgehead atoms. The first-order chi connectivity index (χ1) is 10.1. The van der Waals surface area contributed by atoms with Gasteiger partial charge >= 0.3 is 5.97 Å². The highest BCUT2D eigenvalue weighted by Crippen LogP contribution is 2.15. The molecule has 0 atom stereocenters. The van der Waals surface area contributed by atoms with Crippen LogP contribution in [0.4, 0.5) is 5.82 Å². The van der Waals surface area contributed by atoms with Gasteiger partial charge in [0.05, 0.1) is 19.9 Å². The molecule has 0 spiro atoms. The molecule has 6 nitrogen and oxygen atoms in total. The van der Waals surface area contributed by atoms with Crippen molar-refractivity contribution in [2.24, 2.45) is 0 Å². The van der Waals surface area contributed by atoms with Gasteiger partial charge in [-0.25, -0.2) is 9.48 Å². The number of hydrogen-bond donors (Lipinski definition) is 2. The minimum atomic E-state index is -0.985. The fraction of sp³-hybridized carbons (Fsp3) is 0.200. The standard InChI is InChI=1S/C15H17N3O3/c1-11(9-15(19)20)17-14-7-8-16-18(14)10-12-3-5-13(21-2)6-4-12/h3-9,17H,10H2,1-2H3,(H,19,20)/b11-9+. The molecule has 0 aliphatic carbocycles. The van der Waals surface area contributed by atoms with Crippen LogP contribution in [0.5, 0.6) is 5.75 Å². The van der Waals surface area contributed by atoms with E-state index in [0.717, 1.165) is 23.2 Å². The van der Waals surface area contributed by atoms with Gasteiger partial charge in [-0.15, -0.1) is 0 Å². The van der Waals surface area contributed by atoms with Crippen molar-refractivity contribution in [3.05, 3.63) is 53.9 Å². The van der Waals surface area contributed by atoms with E-state index in [9.17, 15) is 4.79 Å². The topological polar surface area (TPSA) is 76.4 Å². The van der Waals surface area contributed by atoms with E-state index in [4.69, 9.17) is 9.84 Å². The molecule has 0 unspecified atom stereocenters. The van der Waals surface area contributed by atoms with Gasteiger partial charge in [0.1, 0.15) is 11.6 Å². The first-order valence-corrected chi connectivity index (χ1v) is 6.41. The molecule has 0 aliphatic heterocycles. The van der Waals surface area contributed by atoms with Gasteiger partial charge in [0.25, 0.3) is 0 Å². The second kappa shape index (κ2) is 6.60. The van der Waals surface area contributed by atoms with E-state index in [1.165, 1.54) is 0 Å². The van der Waals surface area contributed by atoms with Gasteiger partial charge in [-0.3, -0.25) is 0 Å². The molecule has 110 valence electrons. The van der Waals surface area contributed by atoms with Crippen molar-refractivity contribution in [2.75, 3.05) is 12.4 Å². The van der Waals surface area contributed by atoms with Crippen molar-refractivity contribution in [2.45, 2.75) is 13.5 Å². The van der Waals surface area contributed by atoms with Gasteiger partial charge < -0.3 is 15.2 Å². The van der Waals surface area contributed by atoms with Crippen molar-refractivity contribution in [1.29, 1.82) is 0 Å². The number of methoxy groups -OCH3 is 1. The first kappa shape index (κ1) is 14.6. The number of aromatic nitrogens is 2. The summed E-state index contributed by atoms with van der Waals surface area (Å²) in [5.41, 5.74) is 1.61. The molecule has 1 aromatic carbocycles. The van der Waals surface area contributed by atoms with E-state index in [1.54, 1.807) is 31.0 Å². The number of hydrogen-bond acceptors (Lipinski definition) is 4. The number of carbonyl (C=O) groups is 1. The van der Waals surface area contributed by atoms with Gasteiger partial charge in [0, 0.05) is 17.8 Å². The minimum absolute atomic E-state index is 0.541. The number of aliphatic carboxylic acids is 1. The second-order valence-corrected chi connectivity index (χ2v) is 4.51. The van der Waals surface area contributed by atoms with Crippen LogP contribution >= 0.6 is 0 Å². The van der Waals surface area contributed by atoms with Gasteiger partial charge in [-0.1, -0.05) is 12.1 Å². The summed E-state index contributed by atoms with van der Waals surface area (Å²) in [5.74, 6) is 0.555. The average Bonchev–Trinajstić information content (AvgIpc) is 2.86. The zero-order valence-corrected chi connectivity index (χ0v) is 11.9. The predicted octanol–water partition coefficient (Wildman–Crippen LogP) is 2.34. The summed E-state index contributed by atoms with van der Waals surface area (Å²) in [4.78, 5) is 10.6. The lowest BCUT2D eigenvalue weighted by molar-refractivity contribution is -0.131. The van der Waals surface area contributed by atoms with Crippen molar-refractivity contribution < 1.29 is 14.6 Å². The van der Waals surface area contributed by atoms with Crippen LogP contribution in [-0.4, -0.2) is 28.0 Å². The molecule has 0 aliphatic rings. The van der Waals surface area contributed by atoms with Crippen LogP contribution in [0.25, 0.3) is 0 Å². The molecule has 2 aromatic rings. The summed E-state index contributed by atoms with van der Waals surface area (Å²) in [7, 11) is 1.63. The fourth-order valence-corrected chi connectivity index (χ4v) is 1.89. The van der Waals surface area contributed by atoms with Crippen LogP contribution in [-0.2, 0) is 11.3 Å². The molecular weight excluding hydrogens is 270 g/mol. The summed E-state index contributed by atoms with van der Waals surface area (Å²) in [5, 5.41) is 16.0. The summed E-state index contributed by atoms with van der Waals surface area (Å²) in [6, 6.07) is 9.50. The van der Waals surface area contributed by atoms with Crippen LogP contribution in [0.2, 0.25) is 0 Å². The number of carboxylic acids is 1. The Bertz CT molecular complexity index is 644. The Labute approximate surface area is 122 Å². The SMILES string of the molecule is COc1ccc(Cn2nccc2N/C(C)=C/C(=O)O)cc1. The third-order valence-corrected chi connectivity index (χ3v) is 2.87. The normalized spacial score (nSPS) is 11.2. The Balaban J connectivity index is 2.11. The van der Waals surface area contributed by atoms with Crippen LogP contribution in [0, 0.1) is 0 Å². The maximum Gasteiger partial charge on any atom is 0.330 e. The lowest BCUT2D eigenvalue weighted by atomic mass is 10.2. The quantitative estimate of drug-likeness (QED) is 0.797. The molecular formula is C15H17N3O3. The van der Waals surface area contributed by atoms with Gasteiger partial charge in [-0.2, -0.15) is 5.10 Å². The summed E-state index contributed by atoms with van der Waals surface area (Å²) >= 11 is 0. The van der Waals surface area contributed by atoms with E-state index >= 15 is 0 Å². The average molecular weight is 287 g/mol. The molecule has 1 aromatic heterocycles. The highest BCUT2D eigenvalue weighted by Gasteiger charge is 2.04. The molecule has 2 rings (SSSR count). The van der Waals surface area contributed by atoms with Gasteiger partial charge in [0.15, 0.2) is 0 Å². The van der Waals surface area contributed by atoms with Crippen molar-refractivity contribution in [3.8, 4) is 5.75 Å². The maximum atomic E-state index is 10.6. The summed E-state index contributed by atoms with van der Waals surface area (Å²) in [6.45, 7) is 2.28. The highest BCUT2D eigenvalue weighted by molar-refractivity contribution is 5.81. The molecule has 0 fully saturated rings. The molecule has 0 saturated heterocycles. The highest BCUT2D eigenvalue weighted by atomic mass is 16.5. The molecule has 2 N–H and O–H groups in total. The summed E-state index contributed by atoms with van der Waals surface area (Å²) in [6.07, 6.45) is 2.78. The van der Waals surface area contributed by atoms with Crippen molar-refractivity contribution in [3.63, 3.8) is 0 Å². The lowest BCUT2D eigenvalue weighted by Gasteiger charge is -2.10. The van der Waals surface area contributed by atoms with Crippen LogP contribution in [0.3, 0.4) is 0 Å². The van der Waals surface area contributed by atoms with Crippen LogP contribution < -0.4 is 10.1 Å². The summed E-state index contributed by atoms with van der Waals surface area (Å²) < 4.78 is 6.88. The first-order valence-electron chi connectivity index (χ1n) is 6.41. The van der Waals surface area contributed by atoms with Crippen LogP contribution in [0.15, 0.2) is 48.3 Å². The maximum absolute atomic E-state index is 10.6. The Kier molecular flexibility index (Phi) is 4.61. The van der Waals surface area contributed by atoms with Gasteiger partial charge in [-0.05, 0) is 24.6 Å². The molecule has 0 saturated carbocycles. The molecule has 6 heteroatoms. The van der Waals surface area contributed by atoms with Gasteiger partial charge in [0.2, 0.25) is 0 Å². The smallest absolute Gasteiger partial charge is 0.330 e. The van der Waals surface area contributed by atoms with E-state index < -0.39 is 5.97 Å². The molecule has 0 amide bonds. The number of benzene rings is 1. The number of ether oxygens (including phenoxy) is 1. The minimum Gasteiger partial charge on any atom is -0.497 e. The Morgan fingerprint density at radius 2 is 2.10 bits per heavy atom. The Morgan fingerprint density at radius 3 is 2.71 bits per heavy atom. The van der Waals surface area contributed by atoms with Crippen molar-refractivity contribution in [1.82, 2.24) is 9.78 Å². The molecule has 0 radical (unpaired) electrons. The van der Waals surface area contributed by atoms with Crippen LogP contribution in [0.1, 0.15) is 12.5 Å². The van der Waals surface area contributed by atoms with E-state index in [-0.39, 0.29) is 0 Å². The second-order valence-electron chi connectivity index (χ2n) is 4.51. The lowest BCUT2D eigenvalue weighted by Crippen LogP contribution is -2.08. The third kappa shape index (κ3) is 4.10. The zero-order chi connectivity index (χ0) is 15.2. The number of rotatable bonds is 6. The van der Waals surface area contributed by atoms with E-state index in [1.807, 2.05) is 24.3 Å². The third-order valence-electron chi connectivity index (χ3n) is 2.87. The number of nitrogens with one attached hydrogen (secondary N) is 1. The Hall–Kier alpha value is -2.76. The largest absolute Gasteiger partial charge is 0.497 e. The molecule has 21 heavy (non-hydrogen) atoms. The monoisotopic (exact) mass is 287 g/mol. The number of nitrogens with zero attached hydrogens (tertiary/aromatic N) is 2. The number of anilines is 1. The van der Waals surface area contributed by atoms with E-state index in [2.05, 4.69) is 10.4 Å². The number of allylic oxidation sites excluding steroid dienone is 1. The Morgan fingerprint density at radius 1 is 1.38 bits per heavy atom. The fourth-order valence-electron chi connectivity index (χ4n) is 1.89. The van der Waals surface area contributed by atoms with Crippen molar-refractivity contribution >= 4 is 11.8 Å². The zero-order valence-electron chi connectivity index (χ0n) is 11.9.